The Bertz CT molecular complexity index is 135. The smallest absolute Gasteiger partial charge is 0.193 e. The van der Waals surface area contributed by atoms with E-state index < -0.39 is 5.72 Å². The van der Waals surface area contributed by atoms with E-state index in [-0.39, 0.29) is 6.61 Å². The van der Waals surface area contributed by atoms with Gasteiger partial charge in [0.25, 0.3) is 0 Å². The van der Waals surface area contributed by atoms with Crippen molar-refractivity contribution in [3.8, 4) is 0 Å². The predicted octanol–water partition coefficient (Wildman–Crippen LogP) is 0.0155. The zero-order valence-electron chi connectivity index (χ0n) is 4.11. The molecule has 8 heavy (non-hydrogen) atoms. The van der Waals surface area contributed by atoms with E-state index >= 15 is 0 Å². The van der Waals surface area contributed by atoms with E-state index in [0.717, 1.165) is 0 Å². The highest BCUT2D eigenvalue weighted by Gasteiger charge is 2.43. The van der Waals surface area contributed by atoms with E-state index in [1.54, 1.807) is 0 Å². The van der Waals surface area contributed by atoms with Crippen molar-refractivity contribution < 1.29 is 9.84 Å². The first kappa shape index (κ1) is 5.37. The van der Waals surface area contributed by atoms with E-state index in [1.807, 2.05) is 0 Å². The zero-order valence-corrected chi connectivity index (χ0v) is 4.11. The fourth-order valence-electron chi connectivity index (χ4n) is 0.345. The molecule has 1 aliphatic heterocycles. The van der Waals surface area contributed by atoms with Gasteiger partial charge in [-0.3, -0.25) is 0 Å². The summed E-state index contributed by atoms with van der Waals surface area (Å²) in [4.78, 5) is 2.48. The van der Waals surface area contributed by atoms with Gasteiger partial charge < -0.3 is 9.84 Å². The van der Waals surface area contributed by atoms with Gasteiger partial charge in [0.05, 0.1) is 13.2 Å². The lowest BCUT2D eigenvalue weighted by atomic mass is 10.4. The van der Waals surface area contributed by atoms with Gasteiger partial charge in [0.2, 0.25) is 0 Å². The zero-order chi connectivity index (χ0) is 6.04. The lowest BCUT2D eigenvalue weighted by Crippen LogP contribution is -2.10. The van der Waals surface area contributed by atoms with Gasteiger partial charge in [0, 0.05) is 4.91 Å². The maximum absolute atomic E-state index is 8.40. The number of rotatable bonds is 2. The minimum Gasteiger partial charge on any atom is -0.393 e. The second-order valence-corrected chi connectivity index (χ2v) is 1.58. The van der Waals surface area contributed by atoms with Crippen LogP contribution in [0.4, 0.5) is 0 Å². The SMILES string of the molecule is [N-]=[N+]=N[C@@]1(CO)CO1. The Labute approximate surface area is 45.5 Å². The molecule has 0 saturated carbocycles. The van der Waals surface area contributed by atoms with Crippen molar-refractivity contribution >= 4 is 0 Å². The second-order valence-electron chi connectivity index (χ2n) is 1.58. The lowest BCUT2D eigenvalue weighted by molar-refractivity contribution is 0.177. The van der Waals surface area contributed by atoms with Gasteiger partial charge in [0.15, 0.2) is 5.72 Å². The highest BCUT2D eigenvalue weighted by Crippen LogP contribution is 2.27. The van der Waals surface area contributed by atoms with Gasteiger partial charge in [-0.15, -0.1) is 0 Å². The average molecular weight is 115 g/mol. The third-order valence-corrected chi connectivity index (χ3v) is 0.952. The molecule has 5 nitrogen and oxygen atoms in total. The van der Waals surface area contributed by atoms with Crippen molar-refractivity contribution in [3.05, 3.63) is 10.4 Å². The maximum Gasteiger partial charge on any atom is 0.193 e. The largest absolute Gasteiger partial charge is 0.393 e. The summed E-state index contributed by atoms with van der Waals surface area (Å²) in [6.45, 7) is 0.116. The van der Waals surface area contributed by atoms with Crippen molar-refractivity contribution in [2.24, 2.45) is 5.11 Å². The number of hydrogen-bond acceptors (Lipinski definition) is 3. The van der Waals surface area contributed by atoms with E-state index in [0.29, 0.717) is 6.61 Å². The summed E-state index contributed by atoms with van der Waals surface area (Å²) in [5.74, 6) is 0. The Kier molecular flexibility index (Phi) is 1.09. The average Bonchev–Trinajstić information content (AvgIpc) is 2.50. The molecule has 0 unspecified atom stereocenters. The molecule has 0 amide bonds. The summed E-state index contributed by atoms with van der Waals surface area (Å²) in [5, 5.41) is 11.6. The van der Waals surface area contributed by atoms with Crippen LogP contribution in [0.15, 0.2) is 5.11 Å². The van der Waals surface area contributed by atoms with Crippen LogP contribution in [0.25, 0.3) is 10.4 Å². The van der Waals surface area contributed by atoms with Crippen LogP contribution in [-0.4, -0.2) is 24.0 Å². The van der Waals surface area contributed by atoms with E-state index in [4.69, 9.17) is 10.6 Å². The molecular weight excluding hydrogens is 110 g/mol. The first-order valence-electron chi connectivity index (χ1n) is 2.14. The topological polar surface area (TPSA) is 81.5 Å². The fraction of sp³-hybridized carbons (Fsp3) is 1.00. The molecule has 1 N–H and O–H groups in total. The Morgan fingerprint density at radius 3 is 2.75 bits per heavy atom. The fourth-order valence-corrected chi connectivity index (χ4v) is 0.345. The van der Waals surface area contributed by atoms with Gasteiger partial charge in [0.1, 0.15) is 0 Å². The third kappa shape index (κ3) is 0.742. The quantitative estimate of drug-likeness (QED) is 0.238. The molecule has 0 aromatic heterocycles. The second kappa shape index (κ2) is 1.63. The van der Waals surface area contributed by atoms with Crippen molar-refractivity contribution in [3.63, 3.8) is 0 Å². The number of aliphatic hydroxyl groups excluding tert-OH is 1. The van der Waals surface area contributed by atoms with Crippen LogP contribution >= 0.6 is 0 Å². The molecule has 0 radical (unpaired) electrons. The van der Waals surface area contributed by atoms with Crippen LogP contribution in [0, 0.1) is 0 Å². The van der Waals surface area contributed by atoms with Gasteiger partial charge in [-0.05, 0) is 5.53 Å². The molecule has 1 rings (SSSR count). The van der Waals surface area contributed by atoms with Gasteiger partial charge in [-0.25, -0.2) is 0 Å². The van der Waals surface area contributed by atoms with Crippen molar-refractivity contribution in [1.82, 2.24) is 0 Å². The van der Waals surface area contributed by atoms with Gasteiger partial charge >= 0.3 is 0 Å². The summed E-state index contributed by atoms with van der Waals surface area (Å²) in [7, 11) is 0. The van der Waals surface area contributed by atoms with Gasteiger partial charge in [-0.2, -0.15) is 0 Å². The standard InChI is InChI=1S/C3H5N3O2/c4-6-5-3(1-7)2-8-3/h7H,1-2H2/t3-/m1/s1. The minimum absolute atomic E-state index is 0.225. The van der Waals surface area contributed by atoms with Crippen LogP contribution in [0.5, 0.6) is 0 Å². The van der Waals surface area contributed by atoms with E-state index in [1.165, 1.54) is 0 Å². The summed E-state index contributed by atoms with van der Waals surface area (Å²) >= 11 is 0. The molecule has 1 saturated heterocycles. The van der Waals surface area contributed by atoms with Crippen molar-refractivity contribution in [2.45, 2.75) is 5.72 Å². The minimum atomic E-state index is -0.894. The summed E-state index contributed by atoms with van der Waals surface area (Å²) in [6, 6.07) is 0. The summed E-state index contributed by atoms with van der Waals surface area (Å²) < 4.78 is 4.62. The highest BCUT2D eigenvalue weighted by molar-refractivity contribution is 4.88. The molecule has 0 aliphatic carbocycles. The van der Waals surface area contributed by atoms with Crippen LogP contribution in [0.3, 0.4) is 0 Å². The molecule has 0 aromatic carbocycles. The molecule has 1 atom stereocenters. The Morgan fingerprint density at radius 1 is 2.00 bits per heavy atom. The van der Waals surface area contributed by atoms with E-state index in [2.05, 4.69) is 14.8 Å². The number of hydrogen-bond donors (Lipinski definition) is 1. The van der Waals surface area contributed by atoms with E-state index in [9.17, 15) is 0 Å². The van der Waals surface area contributed by atoms with Crippen LogP contribution in [0.1, 0.15) is 0 Å². The number of ether oxygens (including phenoxy) is 1. The normalized spacial score (nSPS) is 33.6. The third-order valence-electron chi connectivity index (χ3n) is 0.952. The number of epoxide rings is 1. The predicted molar refractivity (Wildman–Crippen MR) is 24.9 cm³/mol. The molecular formula is C3H5N3O2. The van der Waals surface area contributed by atoms with Crippen LogP contribution < -0.4 is 0 Å². The van der Waals surface area contributed by atoms with Crippen LogP contribution in [0.2, 0.25) is 0 Å². The Hall–Kier alpha value is -0.770. The molecule has 44 valence electrons. The molecule has 1 aliphatic rings. The highest BCUT2D eigenvalue weighted by atomic mass is 16.6. The molecule has 5 heteroatoms. The monoisotopic (exact) mass is 115 g/mol. The van der Waals surface area contributed by atoms with Crippen LogP contribution in [-0.2, 0) is 4.74 Å². The molecule has 0 spiro atoms. The molecule has 0 bridgehead atoms. The number of azide groups is 1. The first-order chi connectivity index (χ1) is 3.83. The molecule has 1 fully saturated rings. The number of nitrogens with zero attached hydrogens (tertiary/aromatic N) is 3. The van der Waals surface area contributed by atoms with Crippen molar-refractivity contribution in [1.29, 1.82) is 0 Å². The van der Waals surface area contributed by atoms with Gasteiger partial charge in [-0.1, -0.05) is 5.11 Å². The summed E-state index contributed by atoms with van der Waals surface area (Å²) in [5.41, 5.74) is 6.95. The molecule has 0 aromatic rings. The Balaban J connectivity index is 2.53. The Morgan fingerprint density at radius 2 is 2.62 bits per heavy atom. The lowest BCUT2D eigenvalue weighted by Gasteiger charge is -1.92. The molecule has 1 heterocycles. The maximum atomic E-state index is 8.40. The summed E-state index contributed by atoms with van der Waals surface area (Å²) in [6.07, 6.45) is 0. The number of aliphatic hydroxyl groups is 1. The first-order valence-corrected chi connectivity index (χ1v) is 2.14. The van der Waals surface area contributed by atoms with Crippen molar-refractivity contribution in [2.75, 3.05) is 13.2 Å².